The number of hydrogen-bond donors (Lipinski definition) is 1. The van der Waals surface area contributed by atoms with E-state index in [1.165, 1.54) is 6.07 Å². The Hall–Kier alpha value is -0.480. The lowest BCUT2D eigenvalue weighted by atomic mass is 10.2. The zero-order valence-corrected chi connectivity index (χ0v) is 14.4. The molecule has 1 aromatic heterocycles. The van der Waals surface area contributed by atoms with Crippen LogP contribution in [0.3, 0.4) is 0 Å². The van der Waals surface area contributed by atoms with E-state index in [0.29, 0.717) is 13.2 Å². The van der Waals surface area contributed by atoms with Crippen molar-refractivity contribution in [3.8, 4) is 0 Å². The van der Waals surface area contributed by atoms with Crippen LogP contribution in [0.5, 0.6) is 0 Å². The standard InChI is InChI=1S/C13H19NO5S3/c15-21(16)8-11(14-7-10-3-1-5-19-10)12(9-21)22(17,18)13-4-2-6-20-13/h2,4,6,10-12,14H,1,3,5,7-9H2/t10-,11+,12+/m1/s1. The summed E-state index contributed by atoms with van der Waals surface area (Å²) in [7, 11) is -6.97. The summed E-state index contributed by atoms with van der Waals surface area (Å²) in [5.74, 6) is -0.439. The minimum Gasteiger partial charge on any atom is -0.377 e. The Bertz CT molecular complexity index is 705. The molecule has 0 aromatic carbocycles. The maximum Gasteiger partial charge on any atom is 0.193 e. The van der Waals surface area contributed by atoms with Gasteiger partial charge >= 0.3 is 0 Å². The van der Waals surface area contributed by atoms with E-state index in [0.717, 1.165) is 24.2 Å². The zero-order chi connectivity index (χ0) is 15.8. The molecule has 0 spiro atoms. The fourth-order valence-electron chi connectivity index (χ4n) is 2.97. The molecule has 22 heavy (non-hydrogen) atoms. The van der Waals surface area contributed by atoms with Gasteiger partial charge in [-0.3, -0.25) is 0 Å². The van der Waals surface area contributed by atoms with Crippen LogP contribution in [0.4, 0.5) is 0 Å². The summed E-state index contributed by atoms with van der Waals surface area (Å²) in [6.07, 6.45) is 1.97. The molecule has 2 aliphatic rings. The van der Waals surface area contributed by atoms with Gasteiger partial charge in [-0.1, -0.05) is 6.07 Å². The van der Waals surface area contributed by atoms with E-state index in [1.54, 1.807) is 11.4 Å². The van der Waals surface area contributed by atoms with E-state index < -0.39 is 31.0 Å². The van der Waals surface area contributed by atoms with Crippen molar-refractivity contribution in [2.75, 3.05) is 24.7 Å². The summed E-state index contributed by atoms with van der Waals surface area (Å²) >= 11 is 1.13. The van der Waals surface area contributed by atoms with Crippen molar-refractivity contribution in [3.05, 3.63) is 17.5 Å². The van der Waals surface area contributed by atoms with Crippen molar-refractivity contribution in [3.63, 3.8) is 0 Å². The van der Waals surface area contributed by atoms with Crippen LogP contribution in [0.2, 0.25) is 0 Å². The zero-order valence-electron chi connectivity index (χ0n) is 12.0. The molecule has 3 rings (SSSR count). The molecule has 0 amide bonds. The smallest absolute Gasteiger partial charge is 0.193 e. The molecule has 3 heterocycles. The Balaban J connectivity index is 1.77. The summed E-state index contributed by atoms with van der Waals surface area (Å²) in [4.78, 5) is 0. The first-order valence-corrected chi connectivity index (χ1v) is 11.5. The number of hydrogen-bond acceptors (Lipinski definition) is 7. The van der Waals surface area contributed by atoms with E-state index in [-0.39, 0.29) is 21.8 Å². The summed E-state index contributed by atoms with van der Waals surface area (Å²) in [5, 5.41) is 3.89. The SMILES string of the molecule is O=S1(=O)C[C@H](NC[C@H]2CCCO2)[C@@H](S(=O)(=O)c2cccs2)C1. The van der Waals surface area contributed by atoms with Gasteiger partial charge in [-0.25, -0.2) is 16.8 Å². The first-order chi connectivity index (χ1) is 10.4. The molecule has 2 saturated heterocycles. The summed E-state index contributed by atoms with van der Waals surface area (Å²) < 4.78 is 54.9. The minimum atomic E-state index is -3.63. The molecule has 0 unspecified atom stereocenters. The second-order valence-corrected chi connectivity index (χ2v) is 11.2. The number of thiophene rings is 1. The molecule has 6 nitrogen and oxygen atoms in total. The van der Waals surface area contributed by atoms with Crippen LogP contribution in [0.25, 0.3) is 0 Å². The highest BCUT2D eigenvalue weighted by molar-refractivity contribution is 7.97. The van der Waals surface area contributed by atoms with Crippen LogP contribution in [0, 0.1) is 0 Å². The Morgan fingerprint density at radius 2 is 2.18 bits per heavy atom. The Morgan fingerprint density at radius 1 is 1.36 bits per heavy atom. The van der Waals surface area contributed by atoms with Gasteiger partial charge in [-0.15, -0.1) is 11.3 Å². The third-order valence-corrected chi connectivity index (χ3v) is 9.69. The van der Waals surface area contributed by atoms with E-state index in [9.17, 15) is 16.8 Å². The maximum absolute atomic E-state index is 12.7. The molecule has 0 aliphatic carbocycles. The lowest BCUT2D eigenvalue weighted by Crippen LogP contribution is -2.45. The predicted molar refractivity (Wildman–Crippen MR) is 84.7 cm³/mol. The largest absolute Gasteiger partial charge is 0.377 e. The number of nitrogens with one attached hydrogen (secondary N) is 1. The molecule has 2 aliphatic heterocycles. The summed E-state index contributed by atoms with van der Waals surface area (Å²) in [5.41, 5.74) is 0. The number of rotatable bonds is 5. The lowest BCUT2D eigenvalue weighted by Gasteiger charge is -2.21. The van der Waals surface area contributed by atoms with E-state index in [4.69, 9.17) is 4.74 Å². The van der Waals surface area contributed by atoms with Crippen molar-refractivity contribution in [2.45, 2.75) is 34.4 Å². The monoisotopic (exact) mass is 365 g/mol. The van der Waals surface area contributed by atoms with Gasteiger partial charge < -0.3 is 10.1 Å². The van der Waals surface area contributed by atoms with Gasteiger partial charge in [0.25, 0.3) is 0 Å². The third kappa shape index (κ3) is 3.38. The van der Waals surface area contributed by atoms with Crippen LogP contribution >= 0.6 is 11.3 Å². The fourth-order valence-corrected chi connectivity index (χ4v) is 8.91. The topological polar surface area (TPSA) is 89.5 Å². The van der Waals surface area contributed by atoms with Crippen LogP contribution in [0.15, 0.2) is 21.7 Å². The average Bonchev–Trinajstić information content (AvgIpc) is 3.17. The molecule has 0 bridgehead atoms. The van der Waals surface area contributed by atoms with Crippen molar-refractivity contribution in [1.82, 2.24) is 5.32 Å². The molecule has 0 radical (unpaired) electrons. The second kappa shape index (κ2) is 6.20. The molecule has 2 fully saturated rings. The normalized spacial score (nSPS) is 31.5. The Labute approximate surface area is 134 Å². The first-order valence-electron chi connectivity index (χ1n) is 7.21. The molecule has 1 aromatic rings. The predicted octanol–water partition coefficient (Wildman–Crippen LogP) is 0.456. The number of sulfone groups is 2. The molecule has 0 saturated carbocycles. The van der Waals surface area contributed by atoms with Crippen LogP contribution < -0.4 is 5.32 Å². The van der Waals surface area contributed by atoms with Gasteiger partial charge in [-0.2, -0.15) is 0 Å². The summed E-state index contributed by atoms with van der Waals surface area (Å²) in [6.45, 7) is 1.21. The van der Waals surface area contributed by atoms with Crippen LogP contribution in [0.1, 0.15) is 12.8 Å². The average molecular weight is 365 g/mol. The van der Waals surface area contributed by atoms with Crippen molar-refractivity contribution in [1.29, 1.82) is 0 Å². The van der Waals surface area contributed by atoms with E-state index in [1.807, 2.05) is 0 Å². The van der Waals surface area contributed by atoms with Gasteiger partial charge in [-0.05, 0) is 24.3 Å². The van der Waals surface area contributed by atoms with E-state index >= 15 is 0 Å². The van der Waals surface area contributed by atoms with Crippen molar-refractivity contribution in [2.24, 2.45) is 0 Å². The molecular formula is C13H19NO5S3. The first kappa shape index (κ1) is 16.4. The van der Waals surface area contributed by atoms with Crippen molar-refractivity contribution < 1.29 is 21.6 Å². The Kier molecular flexibility index (Phi) is 4.61. The van der Waals surface area contributed by atoms with Gasteiger partial charge in [0.05, 0.1) is 22.9 Å². The van der Waals surface area contributed by atoms with Gasteiger partial charge in [0.15, 0.2) is 19.7 Å². The van der Waals surface area contributed by atoms with Crippen molar-refractivity contribution >= 4 is 31.0 Å². The molecule has 1 N–H and O–H groups in total. The van der Waals surface area contributed by atoms with E-state index in [2.05, 4.69) is 5.32 Å². The van der Waals surface area contributed by atoms with Gasteiger partial charge in [0.2, 0.25) is 0 Å². The molecule has 3 atom stereocenters. The quantitative estimate of drug-likeness (QED) is 0.815. The fraction of sp³-hybridized carbons (Fsp3) is 0.692. The van der Waals surface area contributed by atoms with Crippen LogP contribution in [-0.2, 0) is 24.4 Å². The highest BCUT2D eigenvalue weighted by atomic mass is 32.2. The maximum atomic E-state index is 12.7. The highest BCUT2D eigenvalue weighted by Gasteiger charge is 2.46. The second-order valence-electron chi connectivity index (χ2n) is 5.74. The van der Waals surface area contributed by atoms with Gasteiger partial charge in [0.1, 0.15) is 4.21 Å². The number of ether oxygens (including phenoxy) is 1. The summed E-state index contributed by atoms with van der Waals surface area (Å²) in [6, 6.07) is 2.62. The lowest BCUT2D eigenvalue weighted by molar-refractivity contribution is 0.108. The van der Waals surface area contributed by atoms with Crippen LogP contribution in [-0.4, -0.2) is 58.9 Å². The molecular weight excluding hydrogens is 346 g/mol. The minimum absolute atomic E-state index is 0.0494. The highest BCUT2D eigenvalue weighted by Crippen LogP contribution is 2.28. The molecule has 124 valence electrons. The Morgan fingerprint density at radius 3 is 2.82 bits per heavy atom. The molecule has 9 heteroatoms. The third-order valence-electron chi connectivity index (χ3n) is 4.11. The van der Waals surface area contributed by atoms with Gasteiger partial charge in [0, 0.05) is 19.2 Å².